The normalized spacial score (nSPS) is 12.6. The number of ether oxygens (including phenoxy) is 3. The van der Waals surface area contributed by atoms with Crippen LogP contribution in [0.25, 0.3) is 0 Å². The highest BCUT2D eigenvalue weighted by atomic mass is 16.6. The third-order valence-electron chi connectivity index (χ3n) is 12.4. The Bertz CT molecular complexity index is 1270. The maximum Gasteiger partial charge on any atom is 0.306 e. The average molecular weight is 950 g/mol. The zero-order valence-electron chi connectivity index (χ0n) is 44.9. The molecule has 0 spiro atoms. The van der Waals surface area contributed by atoms with Crippen LogP contribution >= 0.6 is 0 Å². The van der Waals surface area contributed by atoms with Crippen molar-refractivity contribution in [3.63, 3.8) is 0 Å². The van der Waals surface area contributed by atoms with Gasteiger partial charge in [0.1, 0.15) is 13.2 Å². The third kappa shape index (κ3) is 53.8. The van der Waals surface area contributed by atoms with Gasteiger partial charge >= 0.3 is 17.9 Å². The summed E-state index contributed by atoms with van der Waals surface area (Å²) in [5.74, 6) is -0.918. The van der Waals surface area contributed by atoms with Gasteiger partial charge in [-0.25, -0.2) is 0 Å². The van der Waals surface area contributed by atoms with E-state index in [9.17, 15) is 14.4 Å². The minimum absolute atomic E-state index is 0.0882. The van der Waals surface area contributed by atoms with Gasteiger partial charge in [-0.3, -0.25) is 14.4 Å². The predicted octanol–water partition coefficient (Wildman–Crippen LogP) is 19.4. The lowest BCUT2D eigenvalue weighted by atomic mass is 10.0. The number of esters is 3. The molecule has 0 aliphatic heterocycles. The molecule has 1 unspecified atom stereocenters. The molecule has 0 bridgehead atoms. The van der Waals surface area contributed by atoms with E-state index in [2.05, 4.69) is 93.7 Å². The Hall–Kier alpha value is -3.15. The second-order valence-electron chi connectivity index (χ2n) is 19.2. The van der Waals surface area contributed by atoms with Gasteiger partial charge in [-0.05, 0) is 89.9 Å². The van der Waals surface area contributed by atoms with E-state index >= 15 is 0 Å². The van der Waals surface area contributed by atoms with Crippen molar-refractivity contribution in [2.75, 3.05) is 13.2 Å². The molecular weight excluding hydrogens is 841 g/mol. The van der Waals surface area contributed by atoms with Crippen molar-refractivity contribution in [1.29, 1.82) is 0 Å². The molecule has 0 rings (SSSR count). The molecule has 0 heterocycles. The lowest BCUT2D eigenvalue weighted by molar-refractivity contribution is -0.167. The Morgan fingerprint density at radius 1 is 0.309 bits per heavy atom. The van der Waals surface area contributed by atoms with E-state index in [0.717, 1.165) is 103 Å². The molecule has 0 aromatic rings. The van der Waals surface area contributed by atoms with Gasteiger partial charge < -0.3 is 14.2 Å². The monoisotopic (exact) mass is 949 g/mol. The van der Waals surface area contributed by atoms with Crippen molar-refractivity contribution in [2.45, 2.75) is 290 Å². The molecule has 0 saturated carbocycles. The average Bonchev–Trinajstić information content (AvgIpc) is 3.34. The van der Waals surface area contributed by atoms with Crippen LogP contribution in [0.4, 0.5) is 0 Å². The summed E-state index contributed by atoms with van der Waals surface area (Å²) in [4.78, 5) is 38.2. The molecule has 0 saturated heterocycles. The first-order valence-electron chi connectivity index (χ1n) is 28.9. The molecule has 392 valence electrons. The molecule has 6 heteroatoms. The highest BCUT2D eigenvalue weighted by molar-refractivity contribution is 5.71. The molecule has 0 aliphatic carbocycles. The van der Waals surface area contributed by atoms with Crippen LogP contribution in [-0.2, 0) is 28.6 Å². The third-order valence-corrected chi connectivity index (χ3v) is 12.4. The number of hydrogen-bond donors (Lipinski definition) is 0. The molecule has 1 atom stereocenters. The summed E-state index contributed by atoms with van der Waals surface area (Å²) in [6.45, 7) is 6.51. The van der Waals surface area contributed by atoms with E-state index < -0.39 is 6.10 Å². The minimum atomic E-state index is -0.791. The number of rotatable bonds is 52. The van der Waals surface area contributed by atoms with Gasteiger partial charge in [-0.15, -0.1) is 0 Å². The summed E-state index contributed by atoms with van der Waals surface area (Å²) in [6.07, 6.45) is 71.7. The SMILES string of the molecule is CC/C=C\C/C=C\C/C=C\C/C=C\C/C=C\CCCCCC(=O)OCC(COC(=O)CCCCCCC/C=C\CCCCCCC)OC(=O)CCCCCCCCCCCCCCCCCCC. The highest BCUT2D eigenvalue weighted by Gasteiger charge is 2.19. The van der Waals surface area contributed by atoms with E-state index in [1.807, 2.05) is 0 Å². The highest BCUT2D eigenvalue weighted by Crippen LogP contribution is 2.16. The molecule has 0 aliphatic rings. The van der Waals surface area contributed by atoms with E-state index in [-0.39, 0.29) is 31.1 Å². The summed E-state index contributed by atoms with van der Waals surface area (Å²) in [6, 6.07) is 0. The fraction of sp³-hybridized carbons (Fsp3) is 0.758. The second kappa shape index (κ2) is 56.4. The first kappa shape index (κ1) is 64.8. The molecule has 0 aromatic carbocycles. The fourth-order valence-corrected chi connectivity index (χ4v) is 8.11. The zero-order chi connectivity index (χ0) is 49.3. The van der Waals surface area contributed by atoms with E-state index in [1.54, 1.807) is 0 Å². The van der Waals surface area contributed by atoms with Gasteiger partial charge in [0, 0.05) is 19.3 Å². The quantitative estimate of drug-likeness (QED) is 0.0262. The van der Waals surface area contributed by atoms with Crippen molar-refractivity contribution in [3.05, 3.63) is 72.9 Å². The van der Waals surface area contributed by atoms with Crippen molar-refractivity contribution < 1.29 is 28.6 Å². The molecule has 6 nitrogen and oxygen atoms in total. The molecule has 0 aromatic heterocycles. The first-order chi connectivity index (χ1) is 33.5. The van der Waals surface area contributed by atoms with Gasteiger partial charge in [0.2, 0.25) is 0 Å². The Morgan fingerprint density at radius 2 is 0.574 bits per heavy atom. The molecule has 0 N–H and O–H groups in total. The number of hydrogen-bond acceptors (Lipinski definition) is 6. The van der Waals surface area contributed by atoms with E-state index in [0.29, 0.717) is 19.3 Å². The van der Waals surface area contributed by atoms with Gasteiger partial charge in [-0.2, -0.15) is 0 Å². The largest absolute Gasteiger partial charge is 0.462 e. The Balaban J connectivity index is 4.43. The van der Waals surface area contributed by atoms with E-state index in [1.165, 1.54) is 141 Å². The van der Waals surface area contributed by atoms with Crippen LogP contribution in [-0.4, -0.2) is 37.2 Å². The Morgan fingerprint density at radius 3 is 0.926 bits per heavy atom. The summed E-state index contributed by atoms with van der Waals surface area (Å²) >= 11 is 0. The van der Waals surface area contributed by atoms with Gasteiger partial charge in [-0.1, -0.05) is 248 Å². The van der Waals surface area contributed by atoms with Crippen LogP contribution < -0.4 is 0 Å². The summed E-state index contributed by atoms with van der Waals surface area (Å²) < 4.78 is 16.8. The maximum atomic E-state index is 12.9. The van der Waals surface area contributed by atoms with Crippen molar-refractivity contribution in [1.82, 2.24) is 0 Å². The number of carbonyl (C=O) groups excluding carboxylic acids is 3. The van der Waals surface area contributed by atoms with Crippen LogP contribution in [0.3, 0.4) is 0 Å². The van der Waals surface area contributed by atoms with Crippen LogP contribution in [0.2, 0.25) is 0 Å². The lowest BCUT2D eigenvalue weighted by Gasteiger charge is -2.18. The molecule has 0 fully saturated rings. The summed E-state index contributed by atoms with van der Waals surface area (Å²) in [7, 11) is 0. The zero-order valence-corrected chi connectivity index (χ0v) is 44.9. The van der Waals surface area contributed by atoms with Gasteiger partial charge in [0.25, 0.3) is 0 Å². The van der Waals surface area contributed by atoms with Gasteiger partial charge in [0.05, 0.1) is 0 Å². The first-order valence-corrected chi connectivity index (χ1v) is 28.9. The van der Waals surface area contributed by atoms with Crippen LogP contribution in [0.5, 0.6) is 0 Å². The molecule has 68 heavy (non-hydrogen) atoms. The van der Waals surface area contributed by atoms with Crippen molar-refractivity contribution >= 4 is 17.9 Å². The topological polar surface area (TPSA) is 78.9 Å². The van der Waals surface area contributed by atoms with Crippen LogP contribution in [0.1, 0.15) is 284 Å². The Labute approximate surface area is 421 Å². The smallest absolute Gasteiger partial charge is 0.306 e. The molecule has 0 radical (unpaired) electrons. The predicted molar refractivity (Wildman–Crippen MR) is 293 cm³/mol. The van der Waals surface area contributed by atoms with Crippen molar-refractivity contribution in [2.24, 2.45) is 0 Å². The van der Waals surface area contributed by atoms with Crippen molar-refractivity contribution in [3.8, 4) is 0 Å². The molecular formula is C62H108O6. The second-order valence-corrected chi connectivity index (χ2v) is 19.2. The van der Waals surface area contributed by atoms with E-state index in [4.69, 9.17) is 14.2 Å². The number of unbranched alkanes of at least 4 members (excludes halogenated alkanes) is 29. The van der Waals surface area contributed by atoms with Gasteiger partial charge in [0.15, 0.2) is 6.10 Å². The molecule has 0 amide bonds. The minimum Gasteiger partial charge on any atom is -0.462 e. The van der Waals surface area contributed by atoms with Crippen LogP contribution in [0, 0.1) is 0 Å². The number of carbonyl (C=O) groups is 3. The maximum absolute atomic E-state index is 12.9. The standard InChI is InChI=1S/C62H108O6/c1-4-7-10-13-16-19-22-25-28-30-31-33-34-37-40-43-46-49-52-55-61(64)67-58-59(57-66-60(63)54-51-48-45-42-39-36-27-24-21-18-15-12-9-6-3)68-62(65)56-53-50-47-44-41-38-35-32-29-26-23-20-17-14-11-8-5-2/h7,10,16,19,24-25,27-28,31,33,37,40,59H,4-6,8-9,11-15,17-18,20-23,26,29-30,32,34-36,38-39,41-58H2,1-3H3/b10-7-,19-16-,27-24-,28-25-,33-31-,40-37-. The Kier molecular flexibility index (Phi) is 53.8. The lowest BCUT2D eigenvalue weighted by Crippen LogP contribution is -2.30. The summed E-state index contributed by atoms with van der Waals surface area (Å²) in [5, 5.41) is 0. The van der Waals surface area contributed by atoms with Crippen LogP contribution in [0.15, 0.2) is 72.9 Å². The fourth-order valence-electron chi connectivity index (χ4n) is 8.11. The number of allylic oxidation sites excluding steroid dienone is 12. The summed E-state index contributed by atoms with van der Waals surface area (Å²) in [5.41, 5.74) is 0.